The molecule has 0 radical (unpaired) electrons. The van der Waals surface area contributed by atoms with Crippen LogP contribution in [0.1, 0.15) is 62.5 Å². The van der Waals surface area contributed by atoms with E-state index in [4.69, 9.17) is 9.84 Å². The number of ether oxygens (including phenoxy) is 1. The van der Waals surface area contributed by atoms with Crippen molar-refractivity contribution in [2.45, 2.75) is 69.5 Å². The highest BCUT2D eigenvalue weighted by Crippen LogP contribution is 2.44. The summed E-state index contributed by atoms with van der Waals surface area (Å²) in [5.74, 6) is -0.780. The van der Waals surface area contributed by atoms with E-state index in [2.05, 4.69) is 29.6 Å². The number of hydrogen-bond acceptors (Lipinski definition) is 4. The molecule has 2 heterocycles. The summed E-state index contributed by atoms with van der Waals surface area (Å²) in [6.45, 7) is 2.09. The topological polar surface area (TPSA) is 95.9 Å². The maximum absolute atomic E-state index is 13.4. The third-order valence-electron chi connectivity index (χ3n) is 7.89. The molecule has 7 heteroatoms. The normalized spacial score (nSPS) is 23.3. The summed E-state index contributed by atoms with van der Waals surface area (Å²) in [6.07, 6.45) is 3.27. The van der Waals surface area contributed by atoms with E-state index in [1.54, 1.807) is 0 Å². The molecular formula is C28H32N2O5. The Balaban J connectivity index is 1.21. The van der Waals surface area contributed by atoms with Gasteiger partial charge in [0.2, 0.25) is 5.91 Å². The van der Waals surface area contributed by atoms with Crippen LogP contribution >= 0.6 is 0 Å². The van der Waals surface area contributed by atoms with E-state index >= 15 is 0 Å². The number of nitrogens with one attached hydrogen (secondary N) is 1. The highest BCUT2D eigenvalue weighted by Gasteiger charge is 2.45. The molecule has 2 bridgehead atoms. The fourth-order valence-corrected chi connectivity index (χ4v) is 6.36. The molecule has 0 saturated carbocycles. The van der Waals surface area contributed by atoms with Crippen molar-refractivity contribution in [1.82, 2.24) is 10.2 Å². The Morgan fingerprint density at radius 1 is 1.00 bits per heavy atom. The molecule has 2 fully saturated rings. The van der Waals surface area contributed by atoms with Crippen molar-refractivity contribution in [2.24, 2.45) is 5.92 Å². The lowest BCUT2D eigenvalue weighted by molar-refractivity contribution is -0.141. The second-order valence-corrected chi connectivity index (χ2v) is 10.00. The third-order valence-corrected chi connectivity index (χ3v) is 7.89. The summed E-state index contributed by atoms with van der Waals surface area (Å²) in [7, 11) is 0. The molecule has 2 N–H and O–H groups in total. The predicted molar refractivity (Wildman–Crippen MR) is 131 cm³/mol. The quantitative estimate of drug-likeness (QED) is 0.611. The number of rotatable bonds is 7. The largest absolute Gasteiger partial charge is 0.481 e. The first-order valence-electron chi connectivity index (χ1n) is 12.6. The summed E-state index contributed by atoms with van der Waals surface area (Å²) >= 11 is 0. The first-order valence-corrected chi connectivity index (χ1v) is 12.6. The van der Waals surface area contributed by atoms with Gasteiger partial charge in [-0.05, 0) is 60.3 Å². The number of aliphatic carboxylic acids is 1. The van der Waals surface area contributed by atoms with Crippen molar-refractivity contribution in [3.8, 4) is 11.1 Å². The first-order chi connectivity index (χ1) is 17.0. The molecular weight excluding hydrogens is 444 g/mol. The van der Waals surface area contributed by atoms with Crippen LogP contribution in [0.4, 0.5) is 4.79 Å². The number of benzene rings is 2. The van der Waals surface area contributed by atoms with Gasteiger partial charge in [-0.15, -0.1) is 0 Å². The molecule has 1 aliphatic carbocycles. The van der Waals surface area contributed by atoms with Crippen LogP contribution in [0.25, 0.3) is 11.1 Å². The molecule has 3 atom stereocenters. The molecule has 0 aromatic heterocycles. The van der Waals surface area contributed by atoms with E-state index in [0.29, 0.717) is 6.42 Å². The zero-order valence-corrected chi connectivity index (χ0v) is 20.0. The Labute approximate surface area is 205 Å². The van der Waals surface area contributed by atoms with Crippen LogP contribution in [0.15, 0.2) is 48.5 Å². The number of nitrogens with zero attached hydrogens (tertiary/aromatic N) is 1. The summed E-state index contributed by atoms with van der Waals surface area (Å²) in [4.78, 5) is 39.2. The van der Waals surface area contributed by atoms with Gasteiger partial charge in [-0.25, -0.2) is 4.79 Å². The second-order valence-electron chi connectivity index (χ2n) is 10.00. The lowest BCUT2D eigenvalue weighted by Crippen LogP contribution is -2.54. The molecule has 35 heavy (non-hydrogen) atoms. The molecule has 2 aromatic rings. The number of carboxylic acids is 1. The molecule has 3 unspecified atom stereocenters. The van der Waals surface area contributed by atoms with E-state index in [1.807, 2.05) is 36.1 Å². The summed E-state index contributed by atoms with van der Waals surface area (Å²) in [5, 5.41) is 12.0. The summed E-state index contributed by atoms with van der Waals surface area (Å²) < 4.78 is 5.65. The molecule has 184 valence electrons. The van der Waals surface area contributed by atoms with E-state index in [9.17, 15) is 14.4 Å². The number of fused-ring (bicyclic) bond motifs is 5. The van der Waals surface area contributed by atoms with E-state index in [0.717, 1.165) is 36.8 Å². The number of amides is 2. The van der Waals surface area contributed by atoms with Gasteiger partial charge in [-0.3, -0.25) is 9.59 Å². The lowest BCUT2D eigenvalue weighted by Gasteiger charge is -2.40. The average Bonchev–Trinajstić information content (AvgIpc) is 3.31. The van der Waals surface area contributed by atoms with Gasteiger partial charge in [0, 0.05) is 24.4 Å². The van der Waals surface area contributed by atoms with Gasteiger partial charge in [-0.1, -0.05) is 55.5 Å². The Morgan fingerprint density at radius 2 is 1.57 bits per heavy atom. The second kappa shape index (κ2) is 9.72. The van der Waals surface area contributed by atoms with Crippen LogP contribution in [-0.2, 0) is 14.3 Å². The maximum Gasteiger partial charge on any atom is 0.407 e. The van der Waals surface area contributed by atoms with Crippen LogP contribution in [-0.4, -0.2) is 52.7 Å². The first kappa shape index (κ1) is 23.4. The van der Waals surface area contributed by atoms with E-state index < -0.39 is 18.1 Å². The Morgan fingerprint density at radius 3 is 2.11 bits per heavy atom. The molecule has 2 saturated heterocycles. The zero-order chi connectivity index (χ0) is 24.5. The van der Waals surface area contributed by atoms with Crippen LogP contribution in [0.2, 0.25) is 0 Å². The molecule has 2 amide bonds. The number of piperidine rings is 1. The number of carbonyl (C=O) groups excluding carboxylic acids is 2. The Bertz CT molecular complexity index is 1070. The highest BCUT2D eigenvalue weighted by molar-refractivity contribution is 5.86. The lowest BCUT2D eigenvalue weighted by atomic mass is 9.87. The minimum Gasteiger partial charge on any atom is -0.481 e. The van der Waals surface area contributed by atoms with Gasteiger partial charge in [0.15, 0.2) is 0 Å². The standard InChI is InChI=1S/C28H32N2O5/c1-2-25(27(33)30-18-11-12-19(30)14-17(13-18)15-26(31)32)29-28(34)35-16-24-22-9-5-3-7-20(22)21-8-4-6-10-23(21)24/h3-10,17-19,24-25H,2,11-16H2,1H3,(H,29,34)(H,31,32). The fourth-order valence-electron chi connectivity index (χ4n) is 6.36. The molecule has 0 spiro atoms. The number of carbonyl (C=O) groups is 3. The number of carboxylic acid groups (broad SMARTS) is 1. The third kappa shape index (κ3) is 4.51. The highest BCUT2D eigenvalue weighted by atomic mass is 16.5. The van der Waals surface area contributed by atoms with Crippen LogP contribution in [0, 0.1) is 5.92 Å². The van der Waals surface area contributed by atoms with Gasteiger partial charge >= 0.3 is 12.1 Å². The van der Waals surface area contributed by atoms with Crippen molar-refractivity contribution in [1.29, 1.82) is 0 Å². The van der Waals surface area contributed by atoms with Gasteiger partial charge < -0.3 is 20.1 Å². The van der Waals surface area contributed by atoms with Gasteiger partial charge in [0.1, 0.15) is 12.6 Å². The van der Waals surface area contributed by atoms with Crippen molar-refractivity contribution < 1.29 is 24.2 Å². The molecule has 7 nitrogen and oxygen atoms in total. The maximum atomic E-state index is 13.4. The van der Waals surface area contributed by atoms with Crippen LogP contribution in [0.5, 0.6) is 0 Å². The molecule has 2 aromatic carbocycles. The summed E-state index contributed by atoms with van der Waals surface area (Å²) in [6, 6.07) is 15.8. The van der Waals surface area contributed by atoms with Crippen LogP contribution < -0.4 is 5.32 Å². The van der Waals surface area contributed by atoms with Crippen LogP contribution in [0.3, 0.4) is 0 Å². The Kier molecular flexibility index (Phi) is 6.50. The Hall–Kier alpha value is -3.35. The fraction of sp³-hybridized carbons (Fsp3) is 0.464. The molecule has 2 aliphatic heterocycles. The van der Waals surface area contributed by atoms with Crippen molar-refractivity contribution in [3.63, 3.8) is 0 Å². The van der Waals surface area contributed by atoms with Crippen molar-refractivity contribution >= 4 is 18.0 Å². The van der Waals surface area contributed by atoms with Gasteiger partial charge in [0.25, 0.3) is 0 Å². The summed E-state index contributed by atoms with van der Waals surface area (Å²) in [5.41, 5.74) is 4.62. The van der Waals surface area contributed by atoms with Crippen molar-refractivity contribution in [3.05, 3.63) is 59.7 Å². The van der Waals surface area contributed by atoms with Crippen molar-refractivity contribution in [2.75, 3.05) is 6.61 Å². The molecule has 5 rings (SSSR count). The van der Waals surface area contributed by atoms with E-state index in [1.165, 1.54) is 11.1 Å². The monoisotopic (exact) mass is 476 g/mol. The minimum atomic E-state index is -0.780. The van der Waals surface area contributed by atoms with E-state index in [-0.39, 0.29) is 42.9 Å². The predicted octanol–water partition coefficient (Wildman–Crippen LogP) is 4.55. The SMILES string of the molecule is CCC(NC(=O)OCC1c2ccccc2-c2ccccc21)C(=O)N1C2CCC1CC(CC(=O)O)C2. The number of alkyl carbamates (subject to hydrolysis) is 1. The van der Waals surface area contributed by atoms with Gasteiger partial charge in [0.05, 0.1) is 0 Å². The van der Waals surface area contributed by atoms with Gasteiger partial charge in [-0.2, -0.15) is 0 Å². The average molecular weight is 477 g/mol. The minimum absolute atomic E-state index is 0.0342. The smallest absolute Gasteiger partial charge is 0.407 e. The number of hydrogen-bond donors (Lipinski definition) is 2. The molecule has 3 aliphatic rings. The zero-order valence-electron chi connectivity index (χ0n) is 20.0.